The molecule has 3 aromatic rings. The van der Waals surface area contributed by atoms with Crippen molar-refractivity contribution in [1.82, 2.24) is 4.57 Å². The van der Waals surface area contributed by atoms with Crippen LogP contribution in [0.25, 0.3) is 10.9 Å². The van der Waals surface area contributed by atoms with Crippen LogP contribution in [-0.2, 0) is 11.2 Å². The second-order valence-corrected chi connectivity index (χ2v) is 5.70. The van der Waals surface area contributed by atoms with E-state index in [1.54, 1.807) is 61.7 Å². The molecule has 0 aliphatic heterocycles. The number of aromatic nitrogens is 1. The Balaban J connectivity index is 2.11. The van der Waals surface area contributed by atoms with Crippen LogP contribution in [0.2, 0.25) is 0 Å². The summed E-state index contributed by atoms with van der Waals surface area (Å²) in [4.78, 5) is 25.3. The van der Waals surface area contributed by atoms with E-state index < -0.39 is 12.1 Å². The Labute approximate surface area is 156 Å². The fourth-order valence-corrected chi connectivity index (χ4v) is 2.95. The van der Waals surface area contributed by atoms with E-state index in [-0.39, 0.29) is 0 Å². The van der Waals surface area contributed by atoms with Crippen LogP contribution in [0.3, 0.4) is 0 Å². The van der Waals surface area contributed by atoms with E-state index in [2.05, 4.69) is 6.58 Å². The Kier molecular flexibility index (Phi) is 5.26. The molecule has 27 heavy (non-hydrogen) atoms. The first kappa shape index (κ1) is 18.3. The van der Waals surface area contributed by atoms with Crippen LogP contribution in [0.15, 0.2) is 61.2 Å². The van der Waals surface area contributed by atoms with Gasteiger partial charge in [-0.2, -0.15) is 0 Å². The molecule has 3 rings (SSSR count). The molecule has 0 radical (unpaired) electrons. The molecular formula is C21H19NO5. The predicted molar refractivity (Wildman–Crippen MR) is 102 cm³/mol. The predicted octanol–water partition coefficient (Wildman–Crippen LogP) is 4.21. The van der Waals surface area contributed by atoms with Gasteiger partial charge in [-0.1, -0.05) is 24.3 Å². The first-order valence-corrected chi connectivity index (χ1v) is 8.28. The highest BCUT2D eigenvalue weighted by atomic mass is 16.6. The van der Waals surface area contributed by atoms with Crippen molar-refractivity contribution < 1.29 is 23.8 Å². The van der Waals surface area contributed by atoms with Crippen LogP contribution in [0.4, 0.5) is 4.79 Å². The standard InChI is InChI=1S/C21H19NO5/c1-4-7-18-19(20(23)26-3)16-8-5-6-9-17(16)22(18)21(24)27-15-12-10-14(25-2)11-13-15/h4-6,8-13H,1,7H2,2-3H3. The van der Waals surface area contributed by atoms with Crippen molar-refractivity contribution in [2.45, 2.75) is 6.42 Å². The molecule has 1 aromatic heterocycles. The van der Waals surface area contributed by atoms with Crippen molar-refractivity contribution in [3.8, 4) is 11.5 Å². The van der Waals surface area contributed by atoms with Crippen LogP contribution < -0.4 is 9.47 Å². The number of carbonyl (C=O) groups is 2. The summed E-state index contributed by atoms with van der Waals surface area (Å²) in [6.07, 6.45) is 1.30. The van der Waals surface area contributed by atoms with Crippen molar-refractivity contribution >= 4 is 23.0 Å². The second-order valence-electron chi connectivity index (χ2n) is 5.70. The van der Waals surface area contributed by atoms with Gasteiger partial charge < -0.3 is 14.2 Å². The van der Waals surface area contributed by atoms with Gasteiger partial charge in [0.2, 0.25) is 0 Å². The maximum absolute atomic E-state index is 12.9. The molecule has 0 saturated carbocycles. The van der Waals surface area contributed by atoms with E-state index >= 15 is 0 Å². The van der Waals surface area contributed by atoms with Crippen molar-refractivity contribution in [3.05, 3.63) is 72.4 Å². The lowest BCUT2D eigenvalue weighted by Crippen LogP contribution is -2.20. The highest BCUT2D eigenvalue weighted by molar-refractivity contribution is 6.08. The summed E-state index contributed by atoms with van der Waals surface area (Å²) >= 11 is 0. The number of para-hydroxylation sites is 1. The third-order valence-electron chi connectivity index (χ3n) is 4.15. The number of benzene rings is 2. The third kappa shape index (κ3) is 3.42. The maximum atomic E-state index is 12.9. The minimum atomic E-state index is -0.622. The summed E-state index contributed by atoms with van der Waals surface area (Å²) in [6.45, 7) is 3.72. The fraction of sp³-hybridized carbons (Fsp3) is 0.143. The number of fused-ring (bicyclic) bond motifs is 1. The van der Waals surface area contributed by atoms with Crippen LogP contribution in [0, 0.1) is 0 Å². The number of carbonyl (C=O) groups excluding carboxylic acids is 2. The topological polar surface area (TPSA) is 66.8 Å². The van der Waals surface area contributed by atoms with E-state index in [1.165, 1.54) is 11.7 Å². The molecule has 6 nitrogen and oxygen atoms in total. The SMILES string of the molecule is C=CCc1c(C(=O)OC)c2ccccc2n1C(=O)Oc1ccc(OC)cc1. The van der Waals surface area contributed by atoms with Gasteiger partial charge >= 0.3 is 12.1 Å². The molecular weight excluding hydrogens is 346 g/mol. The zero-order chi connectivity index (χ0) is 19.4. The molecule has 2 aromatic carbocycles. The average Bonchev–Trinajstić information content (AvgIpc) is 3.02. The first-order chi connectivity index (χ1) is 13.1. The fourth-order valence-electron chi connectivity index (χ4n) is 2.95. The lowest BCUT2D eigenvalue weighted by Gasteiger charge is -2.10. The van der Waals surface area contributed by atoms with E-state index in [0.717, 1.165) is 0 Å². The van der Waals surface area contributed by atoms with Gasteiger partial charge in [0.15, 0.2) is 0 Å². The number of rotatable bonds is 5. The molecule has 1 heterocycles. The molecule has 0 fully saturated rings. The van der Waals surface area contributed by atoms with Gasteiger partial charge in [-0.25, -0.2) is 14.2 Å². The Morgan fingerprint density at radius 3 is 2.33 bits per heavy atom. The van der Waals surface area contributed by atoms with Crippen molar-refractivity contribution in [2.75, 3.05) is 14.2 Å². The van der Waals surface area contributed by atoms with E-state index in [9.17, 15) is 9.59 Å². The van der Waals surface area contributed by atoms with Gasteiger partial charge in [0.05, 0.1) is 25.3 Å². The van der Waals surface area contributed by atoms with Gasteiger partial charge in [0.25, 0.3) is 0 Å². The molecule has 0 saturated heterocycles. The molecule has 0 aliphatic carbocycles. The van der Waals surface area contributed by atoms with Crippen LogP contribution in [0.1, 0.15) is 16.1 Å². The number of allylic oxidation sites excluding steroid dienone is 1. The summed E-state index contributed by atoms with van der Waals surface area (Å²) in [7, 11) is 2.87. The van der Waals surface area contributed by atoms with Gasteiger partial charge in [-0.3, -0.25) is 0 Å². The maximum Gasteiger partial charge on any atom is 0.424 e. The van der Waals surface area contributed by atoms with E-state index in [1.807, 2.05) is 0 Å². The molecule has 138 valence electrons. The average molecular weight is 365 g/mol. The minimum absolute atomic E-state index is 0.302. The number of esters is 1. The number of nitrogens with zero attached hydrogens (tertiary/aromatic N) is 1. The largest absolute Gasteiger partial charge is 0.497 e. The van der Waals surface area contributed by atoms with E-state index in [0.29, 0.717) is 40.1 Å². The summed E-state index contributed by atoms with van der Waals surface area (Å²) in [5.74, 6) is 0.503. The van der Waals surface area contributed by atoms with Gasteiger partial charge in [-0.15, -0.1) is 6.58 Å². The Bertz CT molecular complexity index is 1000. The van der Waals surface area contributed by atoms with Crippen molar-refractivity contribution in [3.63, 3.8) is 0 Å². The molecule has 0 atom stereocenters. The van der Waals surface area contributed by atoms with E-state index in [4.69, 9.17) is 14.2 Å². The molecule has 6 heteroatoms. The minimum Gasteiger partial charge on any atom is -0.497 e. The van der Waals surface area contributed by atoms with Crippen LogP contribution in [0.5, 0.6) is 11.5 Å². The van der Waals surface area contributed by atoms with Gasteiger partial charge in [0, 0.05) is 17.5 Å². The number of methoxy groups -OCH3 is 2. The monoisotopic (exact) mass is 365 g/mol. The Morgan fingerprint density at radius 2 is 1.70 bits per heavy atom. The summed E-state index contributed by atoms with van der Waals surface area (Å²) in [5, 5.41) is 0.618. The lowest BCUT2D eigenvalue weighted by molar-refractivity contribution is 0.0602. The third-order valence-corrected chi connectivity index (χ3v) is 4.15. The second kappa shape index (κ2) is 7.78. The number of hydrogen-bond acceptors (Lipinski definition) is 5. The summed E-state index contributed by atoms with van der Waals surface area (Å²) in [5.41, 5.74) is 1.37. The van der Waals surface area contributed by atoms with Crippen LogP contribution in [-0.4, -0.2) is 30.8 Å². The molecule has 0 aliphatic rings. The van der Waals surface area contributed by atoms with Crippen LogP contribution >= 0.6 is 0 Å². The summed E-state index contributed by atoms with van der Waals surface area (Å²) < 4.78 is 16.9. The molecule has 0 N–H and O–H groups in total. The van der Waals surface area contributed by atoms with Crippen molar-refractivity contribution in [2.24, 2.45) is 0 Å². The van der Waals surface area contributed by atoms with Gasteiger partial charge in [-0.05, 0) is 30.3 Å². The van der Waals surface area contributed by atoms with Crippen molar-refractivity contribution in [1.29, 1.82) is 0 Å². The lowest BCUT2D eigenvalue weighted by atomic mass is 10.1. The zero-order valence-electron chi connectivity index (χ0n) is 15.1. The quantitative estimate of drug-likeness (QED) is 0.500. The number of hydrogen-bond donors (Lipinski definition) is 0. The smallest absolute Gasteiger partial charge is 0.424 e. The van der Waals surface area contributed by atoms with Gasteiger partial charge in [0.1, 0.15) is 11.5 Å². The zero-order valence-corrected chi connectivity index (χ0v) is 15.1. The Hall–Kier alpha value is -3.54. The number of ether oxygens (including phenoxy) is 3. The first-order valence-electron chi connectivity index (χ1n) is 8.28. The Morgan fingerprint density at radius 1 is 1.04 bits per heavy atom. The highest BCUT2D eigenvalue weighted by Gasteiger charge is 2.26. The highest BCUT2D eigenvalue weighted by Crippen LogP contribution is 2.28. The summed E-state index contributed by atoms with van der Waals surface area (Å²) in [6, 6.07) is 13.8. The molecule has 0 spiro atoms. The normalized spacial score (nSPS) is 10.4. The molecule has 0 amide bonds. The molecule has 0 bridgehead atoms. The molecule has 0 unspecified atom stereocenters.